The SMILES string of the molecule is CCC(CO)Nc1nncc(N)c1Cl. The van der Waals surface area contributed by atoms with Gasteiger partial charge in [-0.05, 0) is 6.42 Å². The first-order chi connectivity index (χ1) is 6.69. The molecule has 1 unspecified atom stereocenters. The minimum atomic E-state index is -0.0800. The number of nitrogen functional groups attached to an aromatic ring is 1. The maximum absolute atomic E-state index is 8.96. The van der Waals surface area contributed by atoms with E-state index in [0.717, 1.165) is 6.42 Å². The lowest BCUT2D eigenvalue weighted by molar-refractivity contribution is 0.271. The number of rotatable bonds is 4. The van der Waals surface area contributed by atoms with Crippen LogP contribution in [0.2, 0.25) is 5.02 Å². The van der Waals surface area contributed by atoms with E-state index in [1.807, 2.05) is 6.92 Å². The summed E-state index contributed by atoms with van der Waals surface area (Å²) in [6, 6.07) is -0.0800. The molecule has 0 radical (unpaired) electrons. The lowest BCUT2D eigenvalue weighted by atomic mass is 10.2. The third-order valence-corrected chi connectivity index (χ3v) is 2.27. The number of aromatic nitrogens is 2. The second-order valence-corrected chi connectivity index (χ2v) is 3.27. The highest BCUT2D eigenvalue weighted by molar-refractivity contribution is 6.35. The number of halogens is 1. The summed E-state index contributed by atoms with van der Waals surface area (Å²) in [6.07, 6.45) is 2.15. The molecule has 5 nitrogen and oxygen atoms in total. The van der Waals surface area contributed by atoms with Gasteiger partial charge in [-0.2, -0.15) is 5.10 Å². The molecule has 0 saturated heterocycles. The zero-order valence-electron chi connectivity index (χ0n) is 7.87. The molecule has 1 heterocycles. The highest BCUT2D eigenvalue weighted by Crippen LogP contribution is 2.24. The van der Waals surface area contributed by atoms with Gasteiger partial charge in [0.25, 0.3) is 0 Å². The summed E-state index contributed by atoms with van der Waals surface area (Å²) in [5.41, 5.74) is 5.91. The smallest absolute Gasteiger partial charge is 0.169 e. The quantitative estimate of drug-likeness (QED) is 0.696. The van der Waals surface area contributed by atoms with Gasteiger partial charge in [0.05, 0.1) is 24.5 Å². The Bertz CT molecular complexity index is 303. The fourth-order valence-corrected chi connectivity index (χ4v) is 1.09. The summed E-state index contributed by atoms with van der Waals surface area (Å²) < 4.78 is 0. The average Bonchev–Trinajstić information content (AvgIpc) is 2.20. The van der Waals surface area contributed by atoms with E-state index in [1.54, 1.807) is 0 Å². The molecule has 0 spiro atoms. The minimum absolute atomic E-state index is 0.0172. The Kier molecular flexibility index (Phi) is 3.91. The normalized spacial score (nSPS) is 12.5. The van der Waals surface area contributed by atoms with Crippen LogP contribution in [0.25, 0.3) is 0 Å². The second kappa shape index (κ2) is 4.97. The summed E-state index contributed by atoms with van der Waals surface area (Å²) in [5.74, 6) is 0.410. The second-order valence-electron chi connectivity index (χ2n) is 2.89. The fourth-order valence-electron chi connectivity index (χ4n) is 0.948. The first-order valence-corrected chi connectivity index (χ1v) is 4.70. The number of nitrogens with two attached hydrogens (primary N) is 1. The van der Waals surface area contributed by atoms with Crippen molar-refractivity contribution < 1.29 is 5.11 Å². The van der Waals surface area contributed by atoms with Crippen LogP contribution in [0.1, 0.15) is 13.3 Å². The number of nitrogens with zero attached hydrogens (tertiary/aromatic N) is 2. The van der Waals surface area contributed by atoms with Gasteiger partial charge in [-0.1, -0.05) is 18.5 Å². The van der Waals surface area contributed by atoms with Crippen molar-refractivity contribution in [2.45, 2.75) is 19.4 Å². The van der Waals surface area contributed by atoms with E-state index < -0.39 is 0 Å². The Morgan fingerprint density at radius 3 is 3.00 bits per heavy atom. The van der Waals surface area contributed by atoms with Gasteiger partial charge >= 0.3 is 0 Å². The Labute approximate surface area is 87.3 Å². The number of anilines is 2. The molecule has 78 valence electrons. The molecule has 0 aliphatic rings. The highest BCUT2D eigenvalue weighted by Gasteiger charge is 2.10. The summed E-state index contributed by atoms with van der Waals surface area (Å²) in [7, 11) is 0. The van der Waals surface area contributed by atoms with Crippen LogP contribution in [0, 0.1) is 0 Å². The Morgan fingerprint density at radius 1 is 1.71 bits per heavy atom. The van der Waals surface area contributed by atoms with E-state index in [-0.39, 0.29) is 12.6 Å². The predicted molar refractivity (Wildman–Crippen MR) is 56.2 cm³/mol. The average molecular weight is 217 g/mol. The van der Waals surface area contributed by atoms with Gasteiger partial charge in [0.15, 0.2) is 5.82 Å². The zero-order valence-corrected chi connectivity index (χ0v) is 8.62. The Hall–Kier alpha value is -1.07. The molecular weight excluding hydrogens is 204 g/mol. The zero-order chi connectivity index (χ0) is 10.6. The summed E-state index contributed by atoms with van der Waals surface area (Å²) in [5, 5.41) is 19.7. The molecule has 1 atom stereocenters. The molecule has 14 heavy (non-hydrogen) atoms. The van der Waals surface area contributed by atoms with Crippen molar-refractivity contribution in [2.24, 2.45) is 0 Å². The van der Waals surface area contributed by atoms with E-state index in [9.17, 15) is 0 Å². The summed E-state index contributed by atoms with van der Waals surface area (Å²) in [6.45, 7) is 1.96. The fraction of sp³-hybridized carbons (Fsp3) is 0.500. The molecule has 0 bridgehead atoms. The minimum Gasteiger partial charge on any atom is -0.396 e. The standard InChI is InChI=1S/C8H13ClN4O/c1-2-5(4-14)12-8-7(9)6(10)3-11-13-8/h3,5,14H,2,4H2,1H3,(H3,10,12,13). The van der Waals surface area contributed by atoms with Gasteiger partial charge < -0.3 is 16.2 Å². The van der Waals surface area contributed by atoms with Crippen LogP contribution in [0.3, 0.4) is 0 Å². The van der Waals surface area contributed by atoms with E-state index in [0.29, 0.717) is 16.5 Å². The summed E-state index contributed by atoms with van der Waals surface area (Å²) >= 11 is 5.88. The monoisotopic (exact) mass is 216 g/mol. The van der Waals surface area contributed by atoms with E-state index in [4.69, 9.17) is 22.4 Å². The van der Waals surface area contributed by atoms with Crippen molar-refractivity contribution in [2.75, 3.05) is 17.7 Å². The molecule has 4 N–H and O–H groups in total. The highest BCUT2D eigenvalue weighted by atomic mass is 35.5. The van der Waals surface area contributed by atoms with Gasteiger partial charge in [-0.25, -0.2) is 0 Å². The van der Waals surface area contributed by atoms with Crippen molar-refractivity contribution >= 4 is 23.1 Å². The molecular formula is C8H13ClN4O. The number of hydrogen-bond acceptors (Lipinski definition) is 5. The molecule has 0 amide bonds. The maximum atomic E-state index is 8.96. The molecule has 6 heteroatoms. The van der Waals surface area contributed by atoms with Gasteiger partial charge in [-0.3, -0.25) is 0 Å². The lowest BCUT2D eigenvalue weighted by Gasteiger charge is -2.15. The number of nitrogens with one attached hydrogen (secondary N) is 1. The Balaban J connectivity index is 2.80. The number of hydrogen-bond donors (Lipinski definition) is 3. The van der Waals surface area contributed by atoms with Crippen LogP contribution in [0.5, 0.6) is 0 Å². The lowest BCUT2D eigenvalue weighted by Crippen LogP contribution is -2.23. The molecule has 0 aliphatic carbocycles. The third-order valence-electron chi connectivity index (χ3n) is 1.87. The molecule has 0 fully saturated rings. The van der Waals surface area contributed by atoms with E-state index in [1.165, 1.54) is 6.20 Å². The molecule has 0 saturated carbocycles. The maximum Gasteiger partial charge on any atom is 0.169 e. The van der Waals surface area contributed by atoms with Crippen LogP contribution < -0.4 is 11.1 Å². The van der Waals surface area contributed by atoms with Crippen molar-refractivity contribution in [3.63, 3.8) is 0 Å². The number of aliphatic hydroxyl groups excluding tert-OH is 1. The van der Waals surface area contributed by atoms with Crippen molar-refractivity contribution in [3.05, 3.63) is 11.2 Å². The van der Waals surface area contributed by atoms with Crippen LogP contribution in [0.4, 0.5) is 11.5 Å². The molecule has 1 aromatic heterocycles. The molecule has 0 aromatic carbocycles. The van der Waals surface area contributed by atoms with E-state index in [2.05, 4.69) is 15.5 Å². The predicted octanol–water partition coefficient (Wildman–Crippen LogP) is 0.895. The van der Waals surface area contributed by atoms with Crippen LogP contribution in [0.15, 0.2) is 6.20 Å². The summed E-state index contributed by atoms with van der Waals surface area (Å²) in [4.78, 5) is 0. The third kappa shape index (κ3) is 2.46. The van der Waals surface area contributed by atoms with Gasteiger partial charge in [0.2, 0.25) is 0 Å². The van der Waals surface area contributed by atoms with Crippen molar-refractivity contribution in [3.8, 4) is 0 Å². The van der Waals surface area contributed by atoms with Crippen LogP contribution in [-0.4, -0.2) is 28.0 Å². The first-order valence-electron chi connectivity index (χ1n) is 4.33. The van der Waals surface area contributed by atoms with Crippen LogP contribution in [-0.2, 0) is 0 Å². The van der Waals surface area contributed by atoms with Crippen molar-refractivity contribution in [1.82, 2.24) is 10.2 Å². The first kappa shape index (κ1) is 11.0. The van der Waals surface area contributed by atoms with Gasteiger partial charge in [-0.15, -0.1) is 5.10 Å². The van der Waals surface area contributed by atoms with Gasteiger partial charge in [0, 0.05) is 0 Å². The largest absolute Gasteiger partial charge is 0.396 e. The van der Waals surface area contributed by atoms with E-state index >= 15 is 0 Å². The topological polar surface area (TPSA) is 84.1 Å². The van der Waals surface area contributed by atoms with Crippen molar-refractivity contribution in [1.29, 1.82) is 0 Å². The Morgan fingerprint density at radius 2 is 2.43 bits per heavy atom. The van der Waals surface area contributed by atoms with Gasteiger partial charge in [0.1, 0.15) is 5.02 Å². The molecule has 0 aliphatic heterocycles. The molecule has 1 aromatic rings. The van der Waals surface area contributed by atoms with Crippen LogP contribution >= 0.6 is 11.6 Å². The molecule has 1 rings (SSSR count). The number of aliphatic hydroxyl groups is 1.